The molecule has 0 unspecified atom stereocenters. The largest absolute Gasteiger partial charge is 0.494 e. The predicted octanol–water partition coefficient (Wildman–Crippen LogP) is 2.62. The van der Waals surface area contributed by atoms with Crippen molar-refractivity contribution in [2.45, 2.75) is 26.3 Å². The number of benzene rings is 1. The predicted molar refractivity (Wildman–Crippen MR) is 81.2 cm³/mol. The minimum absolute atomic E-state index is 0.673. The summed E-state index contributed by atoms with van der Waals surface area (Å²) in [6, 6.07) is 8.17. The van der Waals surface area contributed by atoms with Gasteiger partial charge in [-0.2, -0.15) is 0 Å². The van der Waals surface area contributed by atoms with Gasteiger partial charge in [-0.25, -0.2) is 0 Å². The maximum atomic E-state index is 5.60. The van der Waals surface area contributed by atoms with Gasteiger partial charge in [0.1, 0.15) is 5.75 Å². The van der Waals surface area contributed by atoms with Gasteiger partial charge in [0.25, 0.3) is 0 Å². The minimum atomic E-state index is 0.673. The van der Waals surface area contributed by atoms with Crippen LogP contribution in [0.15, 0.2) is 24.3 Å². The fourth-order valence-corrected chi connectivity index (χ4v) is 1.87. The molecule has 1 aromatic carbocycles. The zero-order chi connectivity index (χ0) is 14.5. The summed E-state index contributed by atoms with van der Waals surface area (Å²) in [5.41, 5.74) is 1.21. The highest BCUT2D eigenvalue weighted by Crippen LogP contribution is 2.17. The zero-order valence-electron chi connectivity index (χ0n) is 12.7. The van der Waals surface area contributed by atoms with Crippen molar-refractivity contribution in [2.75, 3.05) is 40.1 Å². The van der Waals surface area contributed by atoms with Crippen molar-refractivity contribution in [3.05, 3.63) is 29.8 Å². The Labute approximate surface area is 122 Å². The van der Waals surface area contributed by atoms with E-state index >= 15 is 0 Å². The normalized spacial score (nSPS) is 10.7. The van der Waals surface area contributed by atoms with Gasteiger partial charge in [0.2, 0.25) is 0 Å². The third-order valence-electron chi connectivity index (χ3n) is 2.91. The van der Waals surface area contributed by atoms with Crippen LogP contribution in [0.25, 0.3) is 0 Å². The van der Waals surface area contributed by atoms with Gasteiger partial charge in [0.05, 0.1) is 19.8 Å². The Morgan fingerprint density at radius 3 is 2.70 bits per heavy atom. The average Bonchev–Trinajstić information content (AvgIpc) is 2.47. The lowest BCUT2D eigenvalue weighted by Gasteiger charge is -2.10. The number of rotatable bonds is 12. The highest BCUT2D eigenvalue weighted by molar-refractivity contribution is 5.33. The Bertz CT molecular complexity index is 344. The quantitative estimate of drug-likeness (QED) is 0.598. The third-order valence-corrected chi connectivity index (χ3v) is 2.91. The number of hydrogen-bond donors (Lipinski definition) is 1. The summed E-state index contributed by atoms with van der Waals surface area (Å²) in [6.45, 7) is 6.72. The van der Waals surface area contributed by atoms with Crippen LogP contribution in [-0.4, -0.2) is 40.1 Å². The molecule has 0 bridgehead atoms. The lowest BCUT2D eigenvalue weighted by molar-refractivity contribution is 0.0688. The molecule has 0 aliphatic carbocycles. The Hall–Kier alpha value is -1.10. The fourth-order valence-electron chi connectivity index (χ4n) is 1.87. The third kappa shape index (κ3) is 7.48. The summed E-state index contributed by atoms with van der Waals surface area (Å²) in [4.78, 5) is 0. The SMILES string of the molecule is CCOc1ccccc1CNCCCCOCCOC. The first kappa shape index (κ1) is 17.0. The molecular formula is C16H27NO3. The fraction of sp³-hybridized carbons (Fsp3) is 0.625. The van der Waals surface area contributed by atoms with Crippen molar-refractivity contribution < 1.29 is 14.2 Å². The Morgan fingerprint density at radius 1 is 1.05 bits per heavy atom. The summed E-state index contributed by atoms with van der Waals surface area (Å²) < 4.78 is 15.9. The van der Waals surface area contributed by atoms with Crippen molar-refractivity contribution in [3.63, 3.8) is 0 Å². The van der Waals surface area contributed by atoms with Crippen LogP contribution in [0, 0.1) is 0 Å². The summed E-state index contributed by atoms with van der Waals surface area (Å²) in [5, 5.41) is 3.44. The van der Waals surface area contributed by atoms with Gasteiger partial charge in [-0.1, -0.05) is 18.2 Å². The number of ether oxygens (including phenoxy) is 3. The molecule has 0 saturated heterocycles. The lowest BCUT2D eigenvalue weighted by atomic mass is 10.2. The van der Waals surface area contributed by atoms with E-state index in [2.05, 4.69) is 11.4 Å². The van der Waals surface area contributed by atoms with E-state index in [1.807, 2.05) is 25.1 Å². The second-order valence-corrected chi connectivity index (χ2v) is 4.53. The lowest BCUT2D eigenvalue weighted by Crippen LogP contribution is -2.16. The van der Waals surface area contributed by atoms with Crippen LogP contribution in [0.4, 0.5) is 0 Å². The van der Waals surface area contributed by atoms with E-state index in [1.54, 1.807) is 7.11 Å². The van der Waals surface area contributed by atoms with Crippen molar-refractivity contribution in [1.82, 2.24) is 5.32 Å². The Morgan fingerprint density at radius 2 is 1.90 bits per heavy atom. The van der Waals surface area contributed by atoms with Crippen LogP contribution >= 0.6 is 0 Å². The zero-order valence-corrected chi connectivity index (χ0v) is 12.7. The van der Waals surface area contributed by atoms with E-state index in [-0.39, 0.29) is 0 Å². The molecule has 1 rings (SSSR count). The number of unbranched alkanes of at least 4 members (excludes halogenated alkanes) is 1. The van der Waals surface area contributed by atoms with E-state index < -0.39 is 0 Å². The molecule has 0 aliphatic rings. The van der Waals surface area contributed by atoms with E-state index in [4.69, 9.17) is 14.2 Å². The minimum Gasteiger partial charge on any atom is -0.494 e. The van der Waals surface area contributed by atoms with Crippen LogP contribution < -0.4 is 10.1 Å². The molecule has 0 aliphatic heterocycles. The van der Waals surface area contributed by atoms with Gasteiger partial charge in [0.15, 0.2) is 0 Å². The van der Waals surface area contributed by atoms with E-state index in [0.717, 1.165) is 38.3 Å². The number of hydrogen-bond acceptors (Lipinski definition) is 4. The van der Waals surface area contributed by atoms with Crippen LogP contribution in [0.2, 0.25) is 0 Å². The van der Waals surface area contributed by atoms with Crippen LogP contribution in [0.3, 0.4) is 0 Å². The van der Waals surface area contributed by atoms with Gasteiger partial charge in [-0.05, 0) is 32.4 Å². The molecule has 0 heterocycles. The summed E-state index contributed by atoms with van der Waals surface area (Å²) >= 11 is 0. The molecule has 0 amide bonds. The number of nitrogens with one attached hydrogen (secondary N) is 1. The summed E-state index contributed by atoms with van der Waals surface area (Å²) in [6.07, 6.45) is 2.19. The summed E-state index contributed by atoms with van der Waals surface area (Å²) in [7, 11) is 1.69. The smallest absolute Gasteiger partial charge is 0.123 e. The van der Waals surface area contributed by atoms with Crippen LogP contribution in [0.5, 0.6) is 5.75 Å². The van der Waals surface area contributed by atoms with Gasteiger partial charge in [-0.15, -0.1) is 0 Å². The number of para-hydroxylation sites is 1. The van der Waals surface area contributed by atoms with Gasteiger partial charge in [0, 0.05) is 25.8 Å². The van der Waals surface area contributed by atoms with Gasteiger partial charge >= 0.3 is 0 Å². The maximum absolute atomic E-state index is 5.60. The highest BCUT2D eigenvalue weighted by atomic mass is 16.5. The summed E-state index contributed by atoms with van der Waals surface area (Å²) in [5.74, 6) is 0.977. The molecular weight excluding hydrogens is 254 g/mol. The standard InChI is InChI=1S/C16H27NO3/c1-3-20-16-9-5-4-8-15(16)14-17-10-6-7-11-19-13-12-18-2/h4-5,8-9,17H,3,6-7,10-14H2,1-2H3. The Balaban J connectivity index is 2.06. The first-order valence-electron chi connectivity index (χ1n) is 7.36. The second-order valence-electron chi connectivity index (χ2n) is 4.53. The van der Waals surface area contributed by atoms with E-state index in [1.165, 1.54) is 5.56 Å². The number of methoxy groups -OCH3 is 1. The maximum Gasteiger partial charge on any atom is 0.123 e. The van der Waals surface area contributed by atoms with E-state index in [0.29, 0.717) is 19.8 Å². The average molecular weight is 281 g/mol. The molecule has 0 radical (unpaired) electrons. The second kappa shape index (κ2) is 11.7. The van der Waals surface area contributed by atoms with E-state index in [9.17, 15) is 0 Å². The molecule has 4 nitrogen and oxygen atoms in total. The molecule has 114 valence electrons. The molecule has 0 fully saturated rings. The van der Waals surface area contributed by atoms with Crippen molar-refractivity contribution in [1.29, 1.82) is 0 Å². The topological polar surface area (TPSA) is 39.7 Å². The highest BCUT2D eigenvalue weighted by Gasteiger charge is 2.01. The van der Waals surface area contributed by atoms with Crippen molar-refractivity contribution >= 4 is 0 Å². The molecule has 0 atom stereocenters. The molecule has 0 spiro atoms. The van der Waals surface area contributed by atoms with Gasteiger partial charge in [-0.3, -0.25) is 0 Å². The van der Waals surface area contributed by atoms with Crippen molar-refractivity contribution in [2.24, 2.45) is 0 Å². The van der Waals surface area contributed by atoms with Crippen molar-refractivity contribution in [3.8, 4) is 5.75 Å². The molecule has 4 heteroatoms. The van der Waals surface area contributed by atoms with Crippen LogP contribution in [-0.2, 0) is 16.0 Å². The molecule has 1 N–H and O–H groups in total. The van der Waals surface area contributed by atoms with Crippen LogP contribution in [0.1, 0.15) is 25.3 Å². The first-order chi connectivity index (χ1) is 9.88. The first-order valence-corrected chi connectivity index (χ1v) is 7.36. The Kier molecular flexibility index (Phi) is 9.92. The monoisotopic (exact) mass is 281 g/mol. The van der Waals surface area contributed by atoms with Gasteiger partial charge < -0.3 is 19.5 Å². The molecule has 0 saturated carbocycles. The molecule has 1 aromatic rings. The molecule has 20 heavy (non-hydrogen) atoms. The molecule has 0 aromatic heterocycles.